The first kappa shape index (κ1) is 17.0. The third kappa shape index (κ3) is 3.99. The monoisotopic (exact) mass is 344 g/mol. The second kappa shape index (κ2) is 6.98. The lowest BCUT2D eigenvalue weighted by Crippen LogP contribution is -2.50. The summed E-state index contributed by atoms with van der Waals surface area (Å²) in [7, 11) is 0. The number of rotatable bonds is 2. The van der Waals surface area contributed by atoms with Gasteiger partial charge in [0.15, 0.2) is 0 Å². The number of alkyl halides is 3. The van der Waals surface area contributed by atoms with E-state index >= 15 is 0 Å². The van der Waals surface area contributed by atoms with Crippen LogP contribution in [0.15, 0.2) is 24.3 Å². The van der Waals surface area contributed by atoms with Crippen LogP contribution in [0.4, 0.5) is 18.0 Å². The molecule has 2 saturated heterocycles. The quantitative estimate of drug-likeness (QED) is 0.897. The maximum absolute atomic E-state index is 12.6. The number of nitrogens with zero attached hydrogens (tertiary/aromatic N) is 1. The fraction of sp³-hybridized carbons (Fsp3) is 0.562. The van der Waals surface area contributed by atoms with Crippen LogP contribution in [-0.4, -0.2) is 49.9 Å². The summed E-state index contributed by atoms with van der Waals surface area (Å²) in [5.41, 5.74) is -0.0670. The van der Waals surface area contributed by atoms with Gasteiger partial charge in [0, 0.05) is 13.2 Å². The number of nitrogens with one attached hydrogen (secondary N) is 1. The Labute approximate surface area is 137 Å². The van der Waals surface area contributed by atoms with E-state index in [4.69, 9.17) is 9.47 Å². The fourth-order valence-electron chi connectivity index (χ4n) is 2.84. The minimum atomic E-state index is -4.36. The van der Waals surface area contributed by atoms with Gasteiger partial charge in [0.1, 0.15) is 6.10 Å². The summed E-state index contributed by atoms with van der Waals surface area (Å²) in [5, 5.41) is 2.91. The maximum Gasteiger partial charge on any atom is 0.416 e. The lowest BCUT2D eigenvalue weighted by atomic mass is 10.1. The highest BCUT2D eigenvalue weighted by Crippen LogP contribution is 2.31. The minimum Gasteiger partial charge on any atom is -0.379 e. The van der Waals surface area contributed by atoms with E-state index in [2.05, 4.69) is 5.32 Å². The van der Waals surface area contributed by atoms with Crippen LogP contribution in [0.5, 0.6) is 0 Å². The van der Waals surface area contributed by atoms with Crippen molar-refractivity contribution in [2.24, 2.45) is 0 Å². The third-order valence-corrected chi connectivity index (χ3v) is 4.22. The zero-order chi connectivity index (χ0) is 17.2. The van der Waals surface area contributed by atoms with Gasteiger partial charge >= 0.3 is 12.2 Å². The van der Waals surface area contributed by atoms with Crippen LogP contribution in [0.1, 0.15) is 23.7 Å². The van der Waals surface area contributed by atoms with Crippen molar-refractivity contribution in [1.82, 2.24) is 10.2 Å². The average molecular weight is 344 g/mol. The highest BCUT2D eigenvalue weighted by molar-refractivity contribution is 5.74. The Bertz CT molecular complexity index is 571. The Hall–Kier alpha value is -1.80. The number of ether oxygens (including phenoxy) is 2. The maximum atomic E-state index is 12.6. The van der Waals surface area contributed by atoms with Crippen LogP contribution in [0.2, 0.25) is 0 Å². The summed E-state index contributed by atoms with van der Waals surface area (Å²) in [6, 6.07) is 4.70. The van der Waals surface area contributed by atoms with Gasteiger partial charge in [0.2, 0.25) is 0 Å². The molecule has 2 aliphatic heterocycles. The van der Waals surface area contributed by atoms with E-state index in [1.807, 2.05) is 0 Å². The number of benzene rings is 1. The molecule has 3 rings (SSSR count). The first-order valence-corrected chi connectivity index (χ1v) is 7.85. The third-order valence-electron chi connectivity index (χ3n) is 4.22. The van der Waals surface area contributed by atoms with Crippen molar-refractivity contribution in [2.75, 3.05) is 32.9 Å². The highest BCUT2D eigenvalue weighted by Gasteiger charge is 2.31. The summed E-state index contributed by atoms with van der Waals surface area (Å²) in [5.74, 6) is 0. The van der Waals surface area contributed by atoms with Crippen LogP contribution in [-0.2, 0) is 15.7 Å². The summed E-state index contributed by atoms with van der Waals surface area (Å²) in [6.07, 6.45) is -3.99. The molecule has 0 aliphatic carbocycles. The predicted octanol–water partition coefficient (Wildman–Crippen LogP) is 2.58. The number of amides is 2. The van der Waals surface area contributed by atoms with Crippen molar-refractivity contribution in [2.45, 2.75) is 24.7 Å². The van der Waals surface area contributed by atoms with Crippen molar-refractivity contribution >= 4 is 6.03 Å². The molecular formula is C16H19F3N2O3. The molecule has 2 amide bonds. The van der Waals surface area contributed by atoms with Gasteiger partial charge in [-0.3, -0.25) is 0 Å². The van der Waals surface area contributed by atoms with Gasteiger partial charge in [-0.25, -0.2) is 4.79 Å². The second-order valence-corrected chi connectivity index (χ2v) is 5.94. The molecule has 2 atom stereocenters. The van der Waals surface area contributed by atoms with Gasteiger partial charge < -0.3 is 19.7 Å². The summed E-state index contributed by atoms with van der Waals surface area (Å²) in [4.78, 5) is 13.9. The van der Waals surface area contributed by atoms with E-state index in [9.17, 15) is 18.0 Å². The number of carbonyl (C=O) groups is 1. The fourth-order valence-corrected chi connectivity index (χ4v) is 2.84. The zero-order valence-electron chi connectivity index (χ0n) is 13.0. The van der Waals surface area contributed by atoms with Crippen LogP contribution < -0.4 is 5.32 Å². The van der Waals surface area contributed by atoms with Crippen molar-refractivity contribution in [3.63, 3.8) is 0 Å². The van der Waals surface area contributed by atoms with Crippen LogP contribution in [0.3, 0.4) is 0 Å². The molecule has 1 N–H and O–H groups in total. The molecule has 5 nitrogen and oxygen atoms in total. The molecular weight excluding hydrogens is 325 g/mol. The van der Waals surface area contributed by atoms with E-state index in [1.165, 1.54) is 12.1 Å². The van der Waals surface area contributed by atoms with E-state index in [-0.39, 0.29) is 12.1 Å². The smallest absolute Gasteiger partial charge is 0.379 e. The molecule has 0 radical (unpaired) electrons. The van der Waals surface area contributed by atoms with Crippen molar-refractivity contribution in [1.29, 1.82) is 0 Å². The van der Waals surface area contributed by atoms with E-state index in [0.717, 1.165) is 18.6 Å². The second-order valence-electron chi connectivity index (χ2n) is 5.94. The average Bonchev–Trinajstić information content (AvgIpc) is 3.07. The topological polar surface area (TPSA) is 50.8 Å². The van der Waals surface area contributed by atoms with Crippen LogP contribution >= 0.6 is 0 Å². The summed E-state index contributed by atoms with van der Waals surface area (Å²) in [6.45, 7) is 2.27. The van der Waals surface area contributed by atoms with Gasteiger partial charge in [-0.15, -0.1) is 0 Å². The molecule has 1 aromatic carbocycles. The van der Waals surface area contributed by atoms with E-state index in [1.54, 1.807) is 4.90 Å². The lowest BCUT2D eigenvalue weighted by molar-refractivity contribution is -0.137. The minimum absolute atomic E-state index is 0.0184. The Morgan fingerprint density at radius 3 is 2.58 bits per heavy atom. The largest absolute Gasteiger partial charge is 0.416 e. The van der Waals surface area contributed by atoms with Gasteiger partial charge in [0.25, 0.3) is 0 Å². The Balaban J connectivity index is 1.61. The zero-order valence-corrected chi connectivity index (χ0v) is 13.0. The molecule has 0 spiro atoms. The van der Waals surface area contributed by atoms with Crippen molar-refractivity contribution < 1.29 is 27.4 Å². The molecule has 0 aromatic heterocycles. The molecule has 2 aliphatic rings. The van der Waals surface area contributed by atoms with Crippen molar-refractivity contribution in [3.05, 3.63) is 35.4 Å². The molecule has 0 bridgehead atoms. The summed E-state index contributed by atoms with van der Waals surface area (Å²) >= 11 is 0. The van der Waals surface area contributed by atoms with Gasteiger partial charge in [-0.1, -0.05) is 12.1 Å². The van der Waals surface area contributed by atoms with Crippen LogP contribution in [0.25, 0.3) is 0 Å². The van der Waals surface area contributed by atoms with Gasteiger partial charge in [-0.2, -0.15) is 13.2 Å². The van der Waals surface area contributed by atoms with Crippen molar-refractivity contribution in [3.8, 4) is 0 Å². The first-order chi connectivity index (χ1) is 11.4. The van der Waals surface area contributed by atoms with Gasteiger partial charge in [-0.05, 0) is 24.1 Å². The van der Waals surface area contributed by atoms with E-state index < -0.39 is 17.8 Å². The Morgan fingerprint density at radius 2 is 1.96 bits per heavy atom. The molecule has 2 fully saturated rings. The number of urea groups is 1. The Morgan fingerprint density at radius 1 is 1.21 bits per heavy atom. The molecule has 24 heavy (non-hydrogen) atoms. The Kier molecular flexibility index (Phi) is 4.96. The first-order valence-electron chi connectivity index (χ1n) is 7.85. The standard InChI is InChI=1S/C16H19F3N2O3/c17-16(18,19)12-3-1-11(2-4-12)14-9-21(6-8-24-14)15(22)20-13-5-7-23-10-13/h1-4,13-14H,5-10H2,(H,20,22). The number of hydrogen-bond donors (Lipinski definition) is 1. The normalized spacial score (nSPS) is 24.9. The number of hydrogen-bond acceptors (Lipinski definition) is 3. The number of halogens is 3. The molecule has 2 heterocycles. The summed E-state index contributed by atoms with van der Waals surface area (Å²) < 4.78 is 48.7. The molecule has 8 heteroatoms. The SMILES string of the molecule is O=C(NC1CCOC1)N1CCOC(c2ccc(C(F)(F)F)cc2)C1. The molecule has 1 aromatic rings. The van der Waals surface area contributed by atoms with Gasteiger partial charge in [0.05, 0.1) is 31.4 Å². The van der Waals surface area contributed by atoms with E-state index in [0.29, 0.717) is 38.5 Å². The molecule has 0 saturated carbocycles. The predicted molar refractivity (Wildman–Crippen MR) is 79.5 cm³/mol. The number of carbonyl (C=O) groups excluding carboxylic acids is 1. The lowest BCUT2D eigenvalue weighted by Gasteiger charge is -2.33. The van der Waals surface area contributed by atoms with Crippen LogP contribution in [0, 0.1) is 0 Å². The molecule has 2 unspecified atom stereocenters. The number of morpholine rings is 1. The molecule has 132 valence electrons. The highest BCUT2D eigenvalue weighted by atomic mass is 19.4.